The molecule has 1 aliphatic carbocycles. The van der Waals surface area contributed by atoms with Gasteiger partial charge in [-0.2, -0.15) is 5.10 Å². The molecule has 1 N–H and O–H groups in total. The number of rotatable bonds is 5. The van der Waals surface area contributed by atoms with Crippen LogP contribution in [0, 0.1) is 5.92 Å². The lowest BCUT2D eigenvalue weighted by Crippen LogP contribution is -2.48. The quantitative estimate of drug-likeness (QED) is 0.888. The lowest BCUT2D eigenvalue weighted by molar-refractivity contribution is -0.156. The van der Waals surface area contributed by atoms with Crippen LogP contribution in [0.2, 0.25) is 0 Å². The summed E-state index contributed by atoms with van der Waals surface area (Å²) in [5.41, 5.74) is 0.470. The van der Waals surface area contributed by atoms with Gasteiger partial charge in [0.15, 0.2) is 0 Å². The van der Waals surface area contributed by atoms with Gasteiger partial charge in [0, 0.05) is 51.4 Å². The van der Waals surface area contributed by atoms with Crippen molar-refractivity contribution < 1.29 is 14.6 Å². The fraction of sp³-hybridized carbons (Fsp3) is 0.765. The van der Waals surface area contributed by atoms with Gasteiger partial charge in [-0.25, -0.2) is 0 Å². The predicted octanol–water partition coefficient (Wildman–Crippen LogP) is 1.30. The predicted molar refractivity (Wildman–Crippen MR) is 85.9 cm³/mol. The van der Waals surface area contributed by atoms with Crippen LogP contribution >= 0.6 is 0 Å². The molecule has 3 rings (SSSR count). The molecule has 2 aliphatic rings. The maximum absolute atomic E-state index is 13.1. The molecule has 6 nitrogen and oxygen atoms in total. The number of nitrogens with zero attached hydrogens (tertiary/aromatic N) is 3. The summed E-state index contributed by atoms with van der Waals surface area (Å²) in [6, 6.07) is 0. The van der Waals surface area contributed by atoms with Crippen molar-refractivity contribution in [3.05, 3.63) is 18.0 Å². The highest BCUT2D eigenvalue weighted by Crippen LogP contribution is 2.39. The smallest absolute Gasteiger partial charge is 0.254 e. The van der Waals surface area contributed by atoms with Crippen molar-refractivity contribution >= 4 is 5.91 Å². The first-order valence-electron chi connectivity index (χ1n) is 8.62. The molecule has 2 atom stereocenters. The molecule has 0 unspecified atom stereocenters. The molecule has 1 saturated heterocycles. The van der Waals surface area contributed by atoms with E-state index in [9.17, 15) is 9.90 Å². The highest BCUT2D eigenvalue weighted by molar-refractivity contribution is 5.86. The van der Waals surface area contributed by atoms with Crippen LogP contribution in [0.15, 0.2) is 12.4 Å². The third-order valence-corrected chi connectivity index (χ3v) is 5.34. The summed E-state index contributed by atoms with van der Waals surface area (Å²) in [6.07, 6.45) is 7.56. The standard InChI is InChI=1S/C17H27N3O3/c1-3-23-17(6-4-5-7-17)16(22)20-10-14(12-21)15(11-20)13-8-18-19(2)9-13/h8-9,14-15,21H,3-7,10-12H2,1-2H3/t14-,15-/m0/s1. The summed E-state index contributed by atoms with van der Waals surface area (Å²) in [5.74, 6) is 0.336. The van der Waals surface area contributed by atoms with Gasteiger partial charge in [0.2, 0.25) is 0 Å². The number of likely N-dealkylation sites (tertiary alicyclic amines) is 1. The average Bonchev–Trinajstić information content (AvgIpc) is 3.25. The van der Waals surface area contributed by atoms with Crippen LogP contribution in [0.5, 0.6) is 0 Å². The van der Waals surface area contributed by atoms with E-state index in [1.54, 1.807) is 4.68 Å². The summed E-state index contributed by atoms with van der Waals surface area (Å²) < 4.78 is 7.68. The Morgan fingerprint density at radius 2 is 2.17 bits per heavy atom. The highest BCUT2D eigenvalue weighted by Gasteiger charge is 2.47. The Kier molecular flexibility index (Phi) is 4.73. The molecule has 128 valence electrons. The molecule has 0 radical (unpaired) electrons. The van der Waals surface area contributed by atoms with E-state index in [0.29, 0.717) is 19.7 Å². The molecule has 1 saturated carbocycles. The summed E-state index contributed by atoms with van der Waals surface area (Å²) >= 11 is 0. The molecule has 6 heteroatoms. The highest BCUT2D eigenvalue weighted by atomic mass is 16.5. The average molecular weight is 321 g/mol. The van der Waals surface area contributed by atoms with E-state index in [-0.39, 0.29) is 24.3 Å². The lowest BCUT2D eigenvalue weighted by atomic mass is 9.92. The minimum absolute atomic E-state index is 0.0724. The van der Waals surface area contributed by atoms with E-state index in [1.165, 1.54) is 0 Å². The number of ether oxygens (including phenoxy) is 1. The maximum atomic E-state index is 13.1. The SMILES string of the molecule is CCOC1(C(=O)N2C[C@@H](CO)[C@H](c3cnn(C)c3)C2)CCCC1. The van der Waals surface area contributed by atoms with Gasteiger partial charge in [-0.3, -0.25) is 9.48 Å². The van der Waals surface area contributed by atoms with Crippen molar-refractivity contribution in [2.75, 3.05) is 26.3 Å². The largest absolute Gasteiger partial charge is 0.396 e. The molecular weight excluding hydrogens is 294 g/mol. The Morgan fingerprint density at radius 1 is 1.43 bits per heavy atom. The number of hydrogen-bond donors (Lipinski definition) is 1. The third-order valence-electron chi connectivity index (χ3n) is 5.34. The van der Waals surface area contributed by atoms with Crippen molar-refractivity contribution in [3.8, 4) is 0 Å². The molecule has 1 aromatic heterocycles. The van der Waals surface area contributed by atoms with Crippen LogP contribution in [0.25, 0.3) is 0 Å². The normalized spacial score (nSPS) is 26.8. The molecular formula is C17H27N3O3. The Morgan fingerprint density at radius 3 is 2.74 bits per heavy atom. The fourth-order valence-corrected chi connectivity index (χ4v) is 4.16. The number of aryl methyl sites for hydroxylation is 1. The van der Waals surface area contributed by atoms with Crippen LogP contribution in [0.4, 0.5) is 0 Å². The summed E-state index contributed by atoms with van der Waals surface area (Å²) in [4.78, 5) is 15.0. The first-order valence-corrected chi connectivity index (χ1v) is 8.62. The van der Waals surface area contributed by atoms with E-state index in [1.807, 2.05) is 31.3 Å². The van der Waals surface area contributed by atoms with Crippen molar-refractivity contribution in [2.24, 2.45) is 13.0 Å². The van der Waals surface area contributed by atoms with Crippen molar-refractivity contribution in [3.63, 3.8) is 0 Å². The minimum Gasteiger partial charge on any atom is -0.396 e. The van der Waals surface area contributed by atoms with Crippen LogP contribution in [0.3, 0.4) is 0 Å². The topological polar surface area (TPSA) is 67.6 Å². The summed E-state index contributed by atoms with van der Waals surface area (Å²) in [5, 5.41) is 14.0. The molecule has 1 aromatic rings. The zero-order valence-corrected chi connectivity index (χ0v) is 14.1. The molecule has 0 aromatic carbocycles. The summed E-state index contributed by atoms with van der Waals surface area (Å²) in [6.45, 7) is 3.85. The van der Waals surface area contributed by atoms with Gasteiger partial charge >= 0.3 is 0 Å². The Bertz CT molecular complexity index is 551. The van der Waals surface area contributed by atoms with Crippen LogP contribution in [-0.4, -0.2) is 57.6 Å². The van der Waals surface area contributed by atoms with Crippen LogP contribution < -0.4 is 0 Å². The molecule has 1 aliphatic heterocycles. The zero-order chi connectivity index (χ0) is 16.4. The number of aliphatic hydroxyl groups is 1. The zero-order valence-electron chi connectivity index (χ0n) is 14.1. The number of amides is 1. The maximum Gasteiger partial charge on any atom is 0.254 e. The first-order chi connectivity index (χ1) is 11.1. The van der Waals surface area contributed by atoms with E-state index in [4.69, 9.17) is 4.74 Å². The molecule has 0 spiro atoms. The number of aliphatic hydroxyl groups excluding tert-OH is 1. The van der Waals surface area contributed by atoms with Crippen molar-refractivity contribution in [1.29, 1.82) is 0 Å². The lowest BCUT2D eigenvalue weighted by Gasteiger charge is -2.32. The second-order valence-electron chi connectivity index (χ2n) is 6.84. The van der Waals surface area contributed by atoms with Crippen LogP contribution in [0.1, 0.15) is 44.1 Å². The minimum atomic E-state index is -0.626. The van der Waals surface area contributed by atoms with Gasteiger partial charge in [0.05, 0.1) is 6.20 Å². The van der Waals surface area contributed by atoms with Crippen molar-refractivity contribution in [1.82, 2.24) is 14.7 Å². The van der Waals surface area contributed by atoms with Gasteiger partial charge in [-0.05, 0) is 38.2 Å². The third kappa shape index (κ3) is 3.02. The number of aromatic nitrogens is 2. The number of carbonyl (C=O) groups is 1. The molecule has 23 heavy (non-hydrogen) atoms. The fourth-order valence-electron chi connectivity index (χ4n) is 4.16. The molecule has 1 amide bonds. The number of hydrogen-bond acceptors (Lipinski definition) is 4. The van der Waals surface area contributed by atoms with Gasteiger partial charge in [0.1, 0.15) is 5.60 Å². The van der Waals surface area contributed by atoms with E-state index in [0.717, 1.165) is 31.2 Å². The van der Waals surface area contributed by atoms with Gasteiger partial charge in [-0.15, -0.1) is 0 Å². The van der Waals surface area contributed by atoms with E-state index in [2.05, 4.69) is 5.10 Å². The Hall–Kier alpha value is -1.40. The van der Waals surface area contributed by atoms with E-state index >= 15 is 0 Å². The second kappa shape index (κ2) is 6.61. The molecule has 2 heterocycles. The van der Waals surface area contributed by atoms with E-state index < -0.39 is 5.60 Å². The van der Waals surface area contributed by atoms with Gasteiger partial charge < -0.3 is 14.7 Å². The molecule has 0 bridgehead atoms. The Labute approximate surface area is 137 Å². The van der Waals surface area contributed by atoms with Gasteiger partial charge in [0.25, 0.3) is 5.91 Å². The van der Waals surface area contributed by atoms with Crippen molar-refractivity contribution in [2.45, 2.75) is 44.1 Å². The monoisotopic (exact) mass is 321 g/mol. The first kappa shape index (κ1) is 16.5. The Balaban J connectivity index is 1.77. The van der Waals surface area contributed by atoms with Gasteiger partial charge in [-0.1, -0.05) is 0 Å². The number of carbonyl (C=O) groups excluding carboxylic acids is 1. The second-order valence-corrected chi connectivity index (χ2v) is 6.84. The summed E-state index contributed by atoms with van der Waals surface area (Å²) in [7, 11) is 1.89. The van der Waals surface area contributed by atoms with Crippen LogP contribution in [-0.2, 0) is 16.6 Å². The molecule has 2 fully saturated rings.